The predicted molar refractivity (Wildman–Crippen MR) is 107 cm³/mol. The van der Waals surface area contributed by atoms with E-state index in [1.165, 1.54) is 54.7 Å². The second kappa shape index (κ2) is 8.07. The fourth-order valence-corrected chi connectivity index (χ4v) is 3.55. The quantitative estimate of drug-likeness (QED) is 0.471. The van der Waals surface area contributed by atoms with Crippen LogP contribution in [0.15, 0.2) is 71.8 Å². The Kier molecular flexibility index (Phi) is 5.55. The highest BCUT2D eigenvalue weighted by molar-refractivity contribution is 7.92. The fraction of sp³-hybridized carbons (Fsp3) is 0.0526. The molecule has 29 heavy (non-hydrogen) atoms. The number of rotatable bonds is 6. The van der Waals surface area contributed by atoms with Crippen LogP contribution < -0.4 is 10.0 Å². The maximum atomic E-state index is 12.4. The van der Waals surface area contributed by atoms with E-state index in [9.17, 15) is 23.3 Å². The molecule has 0 radical (unpaired) electrons. The van der Waals surface area contributed by atoms with Crippen LogP contribution in [-0.2, 0) is 10.0 Å². The second-order valence-corrected chi connectivity index (χ2v) is 7.74. The van der Waals surface area contributed by atoms with E-state index in [1.54, 1.807) is 19.1 Å². The molecule has 1 heterocycles. The van der Waals surface area contributed by atoms with Gasteiger partial charge in [0.05, 0.1) is 9.82 Å². The summed E-state index contributed by atoms with van der Waals surface area (Å²) in [6.45, 7) is 1.54. The van der Waals surface area contributed by atoms with Crippen LogP contribution in [0, 0.1) is 17.0 Å². The van der Waals surface area contributed by atoms with Gasteiger partial charge in [0.2, 0.25) is 0 Å². The van der Waals surface area contributed by atoms with Crippen LogP contribution in [0.4, 0.5) is 17.2 Å². The Balaban J connectivity index is 1.72. The third-order valence-electron chi connectivity index (χ3n) is 3.98. The highest BCUT2D eigenvalue weighted by Gasteiger charge is 2.16. The van der Waals surface area contributed by atoms with E-state index in [1.807, 2.05) is 0 Å². The largest absolute Gasteiger partial charge is 0.322 e. The molecule has 2 N–H and O–H groups in total. The van der Waals surface area contributed by atoms with Crippen LogP contribution in [0.1, 0.15) is 15.9 Å². The van der Waals surface area contributed by atoms with E-state index in [2.05, 4.69) is 15.0 Å². The lowest BCUT2D eigenvalue weighted by Gasteiger charge is -2.09. The molecule has 3 rings (SSSR count). The summed E-state index contributed by atoms with van der Waals surface area (Å²) in [4.78, 5) is 26.6. The molecule has 0 saturated carbocycles. The fourth-order valence-electron chi connectivity index (χ4n) is 2.54. The van der Waals surface area contributed by atoms with Crippen LogP contribution in [0.3, 0.4) is 0 Å². The number of nitrogens with one attached hydrogen (secondary N) is 2. The average molecular weight is 412 g/mol. The smallest absolute Gasteiger partial charge is 0.272 e. The molecule has 0 atom stereocenters. The summed E-state index contributed by atoms with van der Waals surface area (Å²) >= 11 is 0. The zero-order chi connectivity index (χ0) is 21.0. The number of anilines is 2. The predicted octanol–water partition coefficient (Wildman–Crippen LogP) is 3.35. The van der Waals surface area contributed by atoms with Gasteiger partial charge in [0, 0.05) is 29.1 Å². The molecule has 0 spiro atoms. The molecule has 2 aromatic carbocycles. The molecule has 0 bridgehead atoms. The molecular weight excluding hydrogens is 396 g/mol. The number of hydrogen-bond donors (Lipinski definition) is 2. The summed E-state index contributed by atoms with van der Waals surface area (Å²) in [5.41, 5.74) is 0.922. The van der Waals surface area contributed by atoms with Crippen molar-refractivity contribution in [2.24, 2.45) is 0 Å². The number of pyridine rings is 1. The summed E-state index contributed by atoms with van der Waals surface area (Å²) in [5.74, 6) is -0.274. The van der Waals surface area contributed by atoms with Crippen LogP contribution in [0.25, 0.3) is 0 Å². The van der Waals surface area contributed by atoms with Gasteiger partial charge in [-0.2, -0.15) is 0 Å². The maximum absolute atomic E-state index is 12.4. The molecule has 3 aromatic rings. The molecule has 1 aromatic heterocycles. The molecular formula is C19H16N4O5S. The molecule has 148 valence electrons. The zero-order valence-corrected chi connectivity index (χ0v) is 16.0. The number of carbonyl (C=O) groups is 1. The number of hydrogen-bond acceptors (Lipinski definition) is 6. The molecule has 0 fully saturated rings. The Morgan fingerprint density at radius 2 is 1.79 bits per heavy atom. The number of sulfonamides is 1. The van der Waals surface area contributed by atoms with Crippen molar-refractivity contribution in [3.8, 4) is 0 Å². The minimum atomic E-state index is -3.82. The Hall–Kier alpha value is -3.79. The molecule has 0 saturated heterocycles. The number of nitrogens with zero attached hydrogens (tertiary/aromatic N) is 2. The molecule has 0 aliphatic heterocycles. The summed E-state index contributed by atoms with van der Waals surface area (Å²) < 4.78 is 27.1. The van der Waals surface area contributed by atoms with Crippen molar-refractivity contribution in [1.29, 1.82) is 0 Å². The maximum Gasteiger partial charge on any atom is 0.272 e. The van der Waals surface area contributed by atoms with Crippen molar-refractivity contribution in [2.75, 3.05) is 10.0 Å². The Bertz CT molecular complexity index is 1160. The van der Waals surface area contributed by atoms with Gasteiger partial charge in [0.1, 0.15) is 5.82 Å². The van der Waals surface area contributed by atoms with Gasteiger partial charge in [-0.15, -0.1) is 0 Å². The van der Waals surface area contributed by atoms with E-state index in [0.717, 1.165) is 0 Å². The standard InChI is InChI=1S/C19H16N4O5S/c1-13-12-14(5-10-17(13)23(25)26)19(24)21-15-6-8-16(9-7-15)29(27,28)22-18-4-2-3-11-20-18/h2-12H,1H3,(H,20,22)(H,21,24). The summed E-state index contributed by atoms with van der Waals surface area (Å²) in [6, 6.07) is 14.5. The van der Waals surface area contributed by atoms with E-state index in [-0.39, 0.29) is 22.0 Å². The van der Waals surface area contributed by atoms with Gasteiger partial charge in [0.15, 0.2) is 0 Å². The molecule has 9 nitrogen and oxygen atoms in total. The number of aromatic nitrogens is 1. The van der Waals surface area contributed by atoms with Crippen LogP contribution >= 0.6 is 0 Å². The highest BCUT2D eigenvalue weighted by Crippen LogP contribution is 2.21. The van der Waals surface area contributed by atoms with Crippen molar-refractivity contribution < 1.29 is 18.1 Å². The first-order valence-corrected chi connectivity index (χ1v) is 9.85. The van der Waals surface area contributed by atoms with E-state index in [4.69, 9.17) is 0 Å². The third-order valence-corrected chi connectivity index (χ3v) is 5.35. The average Bonchev–Trinajstić information content (AvgIpc) is 2.68. The topological polar surface area (TPSA) is 131 Å². The van der Waals surface area contributed by atoms with Gasteiger partial charge in [-0.05, 0) is 55.5 Å². The first-order valence-electron chi connectivity index (χ1n) is 8.36. The second-order valence-electron chi connectivity index (χ2n) is 6.06. The number of amides is 1. The minimum Gasteiger partial charge on any atom is -0.322 e. The molecule has 10 heteroatoms. The van der Waals surface area contributed by atoms with Crippen molar-refractivity contribution in [3.63, 3.8) is 0 Å². The Labute approximate surface area is 166 Å². The van der Waals surface area contributed by atoms with Gasteiger partial charge in [-0.1, -0.05) is 6.07 Å². The van der Waals surface area contributed by atoms with Gasteiger partial charge in [-0.25, -0.2) is 13.4 Å². The monoisotopic (exact) mass is 412 g/mol. The minimum absolute atomic E-state index is 0.00679. The number of benzene rings is 2. The third kappa shape index (κ3) is 4.74. The van der Waals surface area contributed by atoms with Crippen LogP contribution in [0.5, 0.6) is 0 Å². The summed E-state index contributed by atoms with van der Waals surface area (Å²) in [6.07, 6.45) is 1.47. The summed E-state index contributed by atoms with van der Waals surface area (Å²) in [7, 11) is -3.82. The first-order chi connectivity index (χ1) is 13.8. The molecule has 0 aliphatic rings. The number of nitro benzene ring substituents is 1. The SMILES string of the molecule is Cc1cc(C(=O)Nc2ccc(S(=O)(=O)Nc3ccccn3)cc2)ccc1[N+](=O)[O-]. The van der Waals surface area contributed by atoms with Gasteiger partial charge >= 0.3 is 0 Å². The lowest BCUT2D eigenvalue weighted by atomic mass is 10.1. The lowest BCUT2D eigenvalue weighted by molar-refractivity contribution is -0.385. The highest BCUT2D eigenvalue weighted by atomic mass is 32.2. The van der Waals surface area contributed by atoms with Gasteiger partial charge in [-0.3, -0.25) is 19.6 Å². The van der Waals surface area contributed by atoms with Crippen molar-refractivity contribution in [2.45, 2.75) is 11.8 Å². The Morgan fingerprint density at radius 1 is 1.07 bits per heavy atom. The van der Waals surface area contributed by atoms with Crippen LogP contribution in [0.2, 0.25) is 0 Å². The summed E-state index contributed by atoms with van der Waals surface area (Å²) in [5, 5.41) is 13.5. The van der Waals surface area contributed by atoms with E-state index >= 15 is 0 Å². The molecule has 0 unspecified atom stereocenters. The lowest BCUT2D eigenvalue weighted by Crippen LogP contribution is -2.15. The van der Waals surface area contributed by atoms with Crippen LogP contribution in [-0.4, -0.2) is 24.2 Å². The number of carbonyl (C=O) groups excluding carboxylic acids is 1. The zero-order valence-electron chi connectivity index (χ0n) is 15.2. The van der Waals surface area contributed by atoms with Crippen molar-refractivity contribution >= 4 is 33.1 Å². The first kappa shape index (κ1) is 20.0. The number of aryl methyl sites for hydroxylation is 1. The number of nitro groups is 1. The van der Waals surface area contributed by atoms with E-state index < -0.39 is 20.9 Å². The van der Waals surface area contributed by atoms with E-state index in [0.29, 0.717) is 11.3 Å². The molecule has 0 aliphatic carbocycles. The van der Waals surface area contributed by atoms with Gasteiger partial charge in [0.25, 0.3) is 21.6 Å². The van der Waals surface area contributed by atoms with Crippen molar-refractivity contribution in [3.05, 3.63) is 88.1 Å². The van der Waals surface area contributed by atoms with Crippen molar-refractivity contribution in [1.82, 2.24) is 4.98 Å². The van der Waals surface area contributed by atoms with Gasteiger partial charge < -0.3 is 5.32 Å². The Morgan fingerprint density at radius 3 is 2.38 bits per heavy atom. The molecule has 1 amide bonds. The normalized spacial score (nSPS) is 10.9.